The number of fused-ring (bicyclic) bond motifs is 1. The highest BCUT2D eigenvalue weighted by molar-refractivity contribution is 6.10. The van der Waals surface area contributed by atoms with Gasteiger partial charge >= 0.3 is 0 Å². The molecular formula is C28H24N2O. The van der Waals surface area contributed by atoms with Crippen molar-refractivity contribution >= 4 is 22.4 Å². The molecule has 1 aliphatic rings. The van der Waals surface area contributed by atoms with Crippen LogP contribution in [-0.2, 0) is 10.2 Å². The van der Waals surface area contributed by atoms with E-state index in [1.165, 1.54) is 11.1 Å². The van der Waals surface area contributed by atoms with E-state index < -0.39 is 0 Å². The number of nitrogens with zero attached hydrogens (tertiary/aromatic N) is 1. The Kier molecular flexibility index (Phi) is 4.87. The van der Waals surface area contributed by atoms with Gasteiger partial charge in [0.15, 0.2) is 0 Å². The van der Waals surface area contributed by atoms with Crippen molar-refractivity contribution in [2.75, 3.05) is 0 Å². The zero-order valence-electron chi connectivity index (χ0n) is 17.5. The highest BCUT2D eigenvalue weighted by Crippen LogP contribution is 2.58. The van der Waals surface area contributed by atoms with Crippen molar-refractivity contribution < 1.29 is 4.79 Å². The number of hydrazone groups is 1. The number of hydrogen-bond acceptors (Lipinski definition) is 2. The van der Waals surface area contributed by atoms with Crippen molar-refractivity contribution in [3.8, 4) is 0 Å². The summed E-state index contributed by atoms with van der Waals surface area (Å²) in [5, 5.41) is 6.77. The maximum Gasteiger partial charge on any atom is 0.244 e. The molecule has 0 spiro atoms. The van der Waals surface area contributed by atoms with Crippen molar-refractivity contribution in [1.29, 1.82) is 0 Å². The summed E-state index contributed by atoms with van der Waals surface area (Å²) in [5.41, 5.74) is 6.76. The molecule has 1 atom stereocenters. The molecule has 0 saturated heterocycles. The monoisotopic (exact) mass is 404 g/mol. The molecule has 3 nitrogen and oxygen atoms in total. The van der Waals surface area contributed by atoms with E-state index in [4.69, 9.17) is 0 Å². The average molecular weight is 405 g/mol. The Morgan fingerprint density at radius 2 is 1.39 bits per heavy atom. The van der Waals surface area contributed by atoms with Gasteiger partial charge in [0, 0.05) is 11.0 Å². The zero-order chi connectivity index (χ0) is 21.3. The number of hydrogen-bond donors (Lipinski definition) is 1. The van der Waals surface area contributed by atoms with Gasteiger partial charge in [-0.25, -0.2) is 5.43 Å². The third-order valence-corrected chi connectivity index (χ3v) is 6.37. The molecule has 1 N–H and O–H groups in total. The summed E-state index contributed by atoms with van der Waals surface area (Å²) in [7, 11) is 0. The van der Waals surface area contributed by atoms with E-state index in [0.717, 1.165) is 28.5 Å². The molecule has 0 heterocycles. The van der Waals surface area contributed by atoms with Gasteiger partial charge in [-0.15, -0.1) is 0 Å². The lowest BCUT2D eigenvalue weighted by Gasteiger charge is -2.18. The standard InChI is InChI=1S/C28H24N2O/c1-20(24-18-10-12-21-11-8-9-17-25(21)24)29-30-27(31)26-19-28(26,22-13-4-2-5-14-22)23-15-6-3-7-16-23/h2-18,26H,19H2,1H3,(H,30,31)/b29-20+. The Morgan fingerprint density at radius 3 is 2.06 bits per heavy atom. The first kappa shape index (κ1) is 19.3. The summed E-state index contributed by atoms with van der Waals surface area (Å²) >= 11 is 0. The minimum absolute atomic E-state index is 0.0349. The second-order valence-electron chi connectivity index (χ2n) is 8.16. The van der Waals surface area contributed by atoms with Crippen LogP contribution in [0.2, 0.25) is 0 Å². The smallest absolute Gasteiger partial charge is 0.244 e. The van der Waals surface area contributed by atoms with Gasteiger partial charge in [0.1, 0.15) is 0 Å². The van der Waals surface area contributed by atoms with Crippen molar-refractivity contribution in [2.24, 2.45) is 11.0 Å². The van der Waals surface area contributed by atoms with Crippen LogP contribution in [0, 0.1) is 5.92 Å². The predicted molar refractivity (Wildman–Crippen MR) is 126 cm³/mol. The van der Waals surface area contributed by atoms with E-state index in [0.29, 0.717) is 0 Å². The van der Waals surface area contributed by atoms with Crippen LogP contribution in [0.5, 0.6) is 0 Å². The van der Waals surface area contributed by atoms with Gasteiger partial charge < -0.3 is 0 Å². The molecule has 1 saturated carbocycles. The van der Waals surface area contributed by atoms with E-state index in [1.54, 1.807) is 0 Å². The minimum Gasteiger partial charge on any atom is -0.273 e. The molecule has 152 valence electrons. The summed E-state index contributed by atoms with van der Waals surface area (Å²) in [5.74, 6) is -0.173. The van der Waals surface area contributed by atoms with E-state index in [-0.39, 0.29) is 17.2 Å². The normalized spacial score (nSPS) is 17.3. The van der Waals surface area contributed by atoms with Gasteiger partial charge in [-0.2, -0.15) is 5.10 Å². The lowest BCUT2D eigenvalue weighted by Crippen LogP contribution is -2.26. The fourth-order valence-corrected chi connectivity index (χ4v) is 4.67. The van der Waals surface area contributed by atoms with Crippen molar-refractivity contribution in [3.63, 3.8) is 0 Å². The van der Waals surface area contributed by atoms with E-state index >= 15 is 0 Å². The summed E-state index contributed by atoms with van der Waals surface area (Å²) in [6.07, 6.45) is 0.787. The fraction of sp³-hybridized carbons (Fsp3) is 0.143. The van der Waals surface area contributed by atoms with Crippen molar-refractivity contribution in [3.05, 3.63) is 120 Å². The largest absolute Gasteiger partial charge is 0.273 e. The Balaban J connectivity index is 1.42. The molecule has 4 aromatic rings. The lowest BCUT2D eigenvalue weighted by molar-refractivity contribution is -0.122. The SMILES string of the molecule is C/C(=N\NC(=O)C1CC1(c1ccccc1)c1ccccc1)c1cccc2ccccc12. The maximum atomic E-state index is 13.1. The highest BCUT2D eigenvalue weighted by Gasteiger charge is 2.60. The Bertz CT molecular complexity index is 1220. The van der Waals surface area contributed by atoms with Crippen LogP contribution in [0.4, 0.5) is 0 Å². The first-order valence-corrected chi connectivity index (χ1v) is 10.6. The van der Waals surface area contributed by atoms with Crippen LogP contribution in [0.1, 0.15) is 30.0 Å². The topological polar surface area (TPSA) is 41.5 Å². The molecular weight excluding hydrogens is 380 g/mol. The molecule has 0 aromatic heterocycles. The second-order valence-corrected chi connectivity index (χ2v) is 8.16. The molecule has 3 heteroatoms. The van der Waals surface area contributed by atoms with Crippen LogP contribution in [0.15, 0.2) is 108 Å². The molecule has 31 heavy (non-hydrogen) atoms. The Hall–Kier alpha value is -3.72. The Morgan fingerprint density at radius 1 is 0.806 bits per heavy atom. The number of amides is 1. The van der Waals surface area contributed by atoms with Crippen LogP contribution in [0.25, 0.3) is 10.8 Å². The molecule has 1 unspecified atom stereocenters. The Labute approximate surface area is 182 Å². The lowest BCUT2D eigenvalue weighted by atomic mass is 9.85. The molecule has 0 aliphatic heterocycles. The van der Waals surface area contributed by atoms with E-state index in [9.17, 15) is 4.79 Å². The molecule has 5 rings (SSSR count). The maximum absolute atomic E-state index is 13.1. The first-order chi connectivity index (χ1) is 15.2. The second kappa shape index (κ2) is 7.84. The number of benzene rings is 4. The van der Waals surface area contributed by atoms with Crippen LogP contribution in [0.3, 0.4) is 0 Å². The quantitative estimate of drug-likeness (QED) is 0.337. The molecule has 1 fully saturated rings. The van der Waals surface area contributed by atoms with E-state index in [2.05, 4.69) is 53.0 Å². The van der Waals surface area contributed by atoms with Gasteiger partial charge in [-0.1, -0.05) is 103 Å². The number of carbonyl (C=O) groups is 1. The summed E-state index contributed by atoms with van der Waals surface area (Å²) in [4.78, 5) is 13.1. The number of nitrogens with one attached hydrogen (secondary N) is 1. The van der Waals surface area contributed by atoms with Gasteiger partial charge in [0.2, 0.25) is 5.91 Å². The van der Waals surface area contributed by atoms with Gasteiger partial charge in [0.05, 0.1) is 11.6 Å². The van der Waals surface area contributed by atoms with Crippen LogP contribution < -0.4 is 5.43 Å². The molecule has 1 aliphatic carbocycles. The van der Waals surface area contributed by atoms with Crippen molar-refractivity contribution in [2.45, 2.75) is 18.8 Å². The van der Waals surface area contributed by atoms with Gasteiger partial charge in [0.25, 0.3) is 0 Å². The molecule has 4 aromatic carbocycles. The number of rotatable bonds is 5. The summed E-state index contributed by atoms with van der Waals surface area (Å²) in [6, 6.07) is 35.0. The molecule has 0 radical (unpaired) electrons. The highest BCUT2D eigenvalue weighted by atomic mass is 16.2. The van der Waals surface area contributed by atoms with Crippen LogP contribution >= 0.6 is 0 Å². The third-order valence-electron chi connectivity index (χ3n) is 6.37. The average Bonchev–Trinajstić information content (AvgIpc) is 3.60. The van der Waals surface area contributed by atoms with E-state index in [1.807, 2.05) is 67.6 Å². The van der Waals surface area contributed by atoms with Crippen molar-refractivity contribution in [1.82, 2.24) is 5.43 Å². The van der Waals surface area contributed by atoms with Gasteiger partial charge in [-0.3, -0.25) is 4.79 Å². The first-order valence-electron chi connectivity index (χ1n) is 10.6. The predicted octanol–water partition coefficient (Wildman–Crippen LogP) is 5.69. The number of carbonyl (C=O) groups excluding carboxylic acids is 1. The summed E-state index contributed by atoms with van der Waals surface area (Å²) < 4.78 is 0. The third kappa shape index (κ3) is 3.42. The van der Waals surface area contributed by atoms with Crippen LogP contribution in [-0.4, -0.2) is 11.6 Å². The zero-order valence-corrected chi connectivity index (χ0v) is 17.5. The molecule has 0 bridgehead atoms. The van der Waals surface area contributed by atoms with Gasteiger partial charge in [-0.05, 0) is 35.2 Å². The fourth-order valence-electron chi connectivity index (χ4n) is 4.67. The molecule has 1 amide bonds. The summed E-state index contributed by atoms with van der Waals surface area (Å²) in [6.45, 7) is 1.94. The minimum atomic E-state index is -0.282.